The number of aromatic carboxylic acids is 1. The van der Waals surface area contributed by atoms with Gasteiger partial charge in [0.05, 0.1) is 5.60 Å². The molecule has 0 saturated carbocycles. The second kappa shape index (κ2) is 3.79. The Balaban J connectivity index is 2.68. The van der Waals surface area contributed by atoms with Gasteiger partial charge in [-0.15, -0.1) is 0 Å². The Morgan fingerprint density at radius 3 is 2.79 bits per heavy atom. The number of rotatable bonds is 3. The molecule has 0 aliphatic carbocycles. The second-order valence-electron chi connectivity index (χ2n) is 3.83. The van der Waals surface area contributed by atoms with Crippen LogP contribution in [0.25, 0.3) is 0 Å². The van der Waals surface area contributed by atoms with E-state index in [2.05, 4.69) is 4.98 Å². The molecule has 0 atom stereocenters. The maximum atomic E-state index is 10.6. The lowest BCUT2D eigenvalue weighted by molar-refractivity contribution is -0.0229. The van der Waals surface area contributed by atoms with Crippen molar-refractivity contribution >= 4 is 5.97 Å². The molecule has 0 bridgehead atoms. The monoisotopic (exact) mass is 199 g/mol. The van der Waals surface area contributed by atoms with Crippen LogP contribution in [0.15, 0.2) is 10.8 Å². The van der Waals surface area contributed by atoms with E-state index in [1.165, 1.54) is 0 Å². The smallest absolute Gasteiger partial charge is 0.358 e. The normalized spacial score (nSPS) is 11.6. The molecule has 1 aromatic heterocycles. The van der Waals surface area contributed by atoms with Crippen molar-refractivity contribution in [3.05, 3.63) is 17.8 Å². The number of oxazole rings is 1. The van der Waals surface area contributed by atoms with E-state index in [1.54, 1.807) is 0 Å². The van der Waals surface area contributed by atoms with E-state index in [4.69, 9.17) is 14.3 Å². The van der Waals surface area contributed by atoms with Crippen LogP contribution in [0.1, 0.15) is 37.0 Å². The van der Waals surface area contributed by atoms with Gasteiger partial charge in [-0.2, -0.15) is 0 Å². The summed E-state index contributed by atoms with van der Waals surface area (Å²) in [5.41, 5.74) is -0.419. The zero-order chi connectivity index (χ0) is 10.8. The lowest BCUT2D eigenvalue weighted by atomic mass is 10.2. The lowest BCUT2D eigenvalue weighted by Gasteiger charge is -2.18. The summed E-state index contributed by atoms with van der Waals surface area (Å²) < 4.78 is 10.3. The minimum atomic E-state index is -1.11. The summed E-state index contributed by atoms with van der Waals surface area (Å²) in [5.74, 6) is -0.862. The van der Waals surface area contributed by atoms with Crippen molar-refractivity contribution in [2.24, 2.45) is 0 Å². The molecule has 5 nitrogen and oxygen atoms in total. The minimum Gasteiger partial charge on any atom is -0.476 e. The van der Waals surface area contributed by atoms with Crippen molar-refractivity contribution in [1.29, 1.82) is 0 Å². The molecule has 1 heterocycles. The van der Waals surface area contributed by atoms with Crippen molar-refractivity contribution in [2.75, 3.05) is 0 Å². The third kappa shape index (κ3) is 2.85. The highest BCUT2D eigenvalue weighted by Gasteiger charge is 2.18. The largest absolute Gasteiger partial charge is 0.476 e. The average molecular weight is 199 g/mol. The number of nitrogens with zero attached hydrogens (tertiary/aromatic N) is 1. The molecule has 0 spiro atoms. The topological polar surface area (TPSA) is 72.6 Å². The molecule has 0 unspecified atom stereocenters. The number of carboxylic acids is 1. The number of hydrogen-bond donors (Lipinski definition) is 1. The van der Waals surface area contributed by atoms with Crippen molar-refractivity contribution in [1.82, 2.24) is 4.98 Å². The van der Waals surface area contributed by atoms with E-state index in [0.717, 1.165) is 6.39 Å². The number of ether oxygens (including phenoxy) is 1. The van der Waals surface area contributed by atoms with Crippen LogP contribution in [0.5, 0.6) is 0 Å². The molecule has 0 aliphatic heterocycles. The van der Waals surface area contributed by atoms with Gasteiger partial charge >= 0.3 is 5.97 Å². The molecule has 0 aromatic carbocycles. The number of carbonyl (C=O) groups is 1. The summed E-state index contributed by atoms with van der Waals surface area (Å²) >= 11 is 0. The first-order chi connectivity index (χ1) is 6.40. The molecule has 0 fully saturated rings. The van der Waals surface area contributed by atoms with Crippen LogP contribution >= 0.6 is 0 Å². The van der Waals surface area contributed by atoms with E-state index in [1.807, 2.05) is 20.8 Å². The van der Waals surface area contributed by atoms with Gasteiger partial charge in [0.2, 0.25) is 0 Å². The van der Waals surface area contributed by atoms with Gasteiger partial charge in [-0.1, -0.05) is 0 Å². The summed E-state index contributed by atoms with van der Waals surface area (Å²) in [4.78, 5) is 14.2. The summed E-state index contributed by atoms with van der Waals surface area (Å²) in [5, 5.41) is 8.71. The molecule has 5 heteroatoms. The van der Waals surface area contributed by atoms with Gasteiger partial charge in [-0.3, -0.25) is 0 Å². The van der Waals surface area contributed by atoms with E-state index < -0.39 is 5.97 Å². The fourth-order valence-electron chi connectivity index (χ4n) is 0.829. The second-order valence-corrected chi connectivity index (χ2v) is 3.83. The number of hydrogen-bond acceptors (Lipinski definition) is 4. The van der Waals surface area contributed by atoms with Crippen molar-refractivity contribution in [3.8, 4) is 0 Å². The molecular weight excluding hydrogens is 186 g/mol. The van der Waals surface area contributed by atoms with Crippen molar-refractivity contribution in [3.63, 3.8) is 0 Å². The molecule has 1 N–H and O–H groups in total. The Kier molecular flexibility index (Phi) is 2.90. The third-order valence-corrected chi connectivity index (χ3v) is 1.48. The van der Waals surface area contributed by atoms with E-state index >= 15 is 0 Å². The highest BCUT2D eigenvalue weighted by Crippen LogP contribution is 2.14. The zero-order valence-electron chi connectivity index (χ0n) is 8.40. The summed E-state index contributed by atoms with van der Waals surface area (Å²) in [6.45, 7) is 5.75. The minimum absolute atomic E-state index is 0.0887. The Bertz CT molecular complexity index is 324. The first-order valence-corrected chi connectivity index (χ1v) is 4.20. The van der Waals surface area contributed by atoms with Crippen molar-refractivity contribution < 1.29 is 19.1 Å². The van der Waals surface area contributed by atoms with Crippen LogP contribution in [0.4, 0.5) is 0 Å². The highest BCUT2D eigenvalue weighted by molar-refractivity contribution is 5.86. The Morgan fingerprint density at radius 1 is 1.64 bits per heavy atom. The van der Waals surface area contributed by atoms with E-state index in [0.29, 0.717) is 0 Å². The average Bonchev–Trinajstić information content (AvgIpc) is 2.46. The highest BCUT2D eigenvalue weighted by atomic mass is 16.5. The van der Waals surface area contributed by atoms with Crippen molar-refractivity contribution in [2.45, 2.75) is 33.0 Å². The molecular formula is C9H13NO4. The molecule has 0 radical (unpaired) electrons. The van der Waals surface area contributed by atoms with Crippen LogP contribution in [0.3, 0.4) is 0 Å². The van der Waals surface area contributed by atoms with Gasteiger partial charge in [0.15, 0.2) is 17.8 Å². The molecule has 14 heavy (non-hydrogen) atoms. The van der Waals surface area contributed by atoms with Crippen LogP contribution in [-0.2, 0) is 11.3 Å². The van der Waals surface area contributed by atoms with Crippen LogP contribution in [0.2, 0.25) is 0 Å². The van der Waals surface area contributed by atoms with Gasteiger partial charge in [0, 0.05) is 0 Å². The molecule has 0 aliphatic rings. The van der Waals surface area contributed by atoms with Gasteiger partial charge in [-0.25, -0.2) is 9.78 Å². The number of aromatic nitrogens is 1. The zero-order valence-corrected chi connectivity index (χ0v) is 8.40. The quantitative estimate of drug-likeness (QED) is 0.801. The molecule has 0 amide bonds. The summed E-state index contributed by atoms with van der Waals surface area (Å²) in [7, 11) is 0. The van der Waals surface area contributed by atoms with Crippen LogP contribution < -0.4 is 0 Å². The lowest BCUT2D eigenvalue weighted by Crippen LogP contribution is -2.19. The van der Waals surface area contributed by atoms with E-state index in [9.17, 15) is 4.79 Å². The van der Waals surface area contributed by atoms with E-state index in [-0.39, 0.29) is 23.7 Å². The van der Waals surface area contributed by atoms with Crippen LogP contribution in [0, 0.1) is 0 Å². The summed E-state index contributed by atoms with van der Waals surface area (Å²) in [6, 6.07) is 0. The van der Waals surface area contributed by atoms with Crippen LogP contribution in [-0.4, -0.2) is 21.7 Å². The SMILES string of the molecule is CC(C)(C)OCc1ocnc1C(=O)O. The third-order valence-electron chi connectivity index (χ3n) is 1.48. The fourth-order valence-corrected chi connectivity index (χ4v) is 0.829. The Labute approximate surface area is 81.7 Å². The molecule has 1 rings (SSSR count). The maximum absolute atomic E-state index is 10.6. The predicted molar refractivity (Wildman–Crippen MR) is 48.0 cm³/mol. The van der Waals surface area contributed by atoms with Gasteiger partial charge in [0.25, 0.3) is 0 Å². The first kappa shape index (κ1) is 10.7. The standard InChI is InChI=1S/C9H13NO4/c1-9(2,3)14-4-6-7(8(11)12)10-5-13-6/h5H,4H2,1-3H3,(H,11,12). The number of carboxylic acid groups (broad SMARTS) is 1. The molecule has 0 saturated heterocycles. The Morgan fingerprint density at radius 2 is 2.29 bits per heavy atom. The predicted octanol–water partition coefficient (Wildman–Crippen LogP) is 1.69. The molecule has 1 aromatic rings. The maximum Gasteiger partial charge on any atom is 0.358 e. The first-order valence-electron chi connectivity index (χ1n) is 4.20. The molecule has 78 valence electrons. The van der Waals surface area contributed by atoms with Gasteiger partial charge in [0.1, 0.15) is 6.61 Å². The van der Waals surface area contributed by atoms with Gasteiger partial charge < -0.3 is 14.3 Å². The fraction of sp³-hybridized carbons (Fsp3) is 0.556. The van der Waals surface area contributed by atoms with Gasteiger partial charge in [-0.05, 0) is 20.8 Å². The summed E-state index contributed by atoms with van der Waals surface area (Å²) in [6.07, 6.45) is 1.10. The Hall–Kier alpha value is -1.36.